The van der Waals surface area contributed by atoms with Crippen molar-refractivity contribution in [3.8, 4) is 5.69 Å². The normalized spacial score (nSPS) is 11.3. The molecule has 0 bridgehead atoms. The number of rotatable bonds is 5. The summed E-state index contributed by atoms with van der Waals surface area (Å²) in [4.78, 5) is 18.1. The van der Waals surface area contributed by atoms with E-state index in [0.29, 0.717) is 28.3 Å². The predicted molar refractivity (Wildman–Crippen MR) is 115 cm³/mol. The molecule has 3 aromatic rings. The van der Waals surface area contributed by atoms with Crippen molar-refractivity contribution in [2.75, 3.05) is 18.5 Å². The van der Waals surface area contributed by atoms with Crippen molar-refractivity contribution >= 4 is 50.8 Å². The molecule has 0 aliphatic heterocycles. The molecule has 0 spiro atoms. The van der Waals surface area contributed by atoms with Crippen LogP contribution >= 0.6 is 34.2 Å². The van der Waals surface area contributed by atoms with Crippen molar-refractivity contribution in [2.45, 2.75) is 19.8 Å². The molecular weight excluding hydrogens is 465 g/mol. The molecule has 1 aromatic heterocycles. The average molecular weight is 484 g/mol. The number of aromatic nitrogens is 2. The number of fused-ring (bicyclic) bond motifs is 1. The molecule has 0 radical (unpaired) electrons. The van der Waals surface area contributed by atoms with Gasteiger partial charge >= 0.3 is 0 Å². The van der Waals surface area contributed by atoms with Crippen LogP contribution in [0.4, 0.5) is 5.69 Å². The van der Waals surface area contributed by atoms with Gasteiger partial charge in [-0.2, -0.15) is 0 Å². The average Bonchev–Trinajstić information content (AvgIpc) is 2.62. The van der Waals surface area contributed by atoms with E-state index in [-0.39, 0.29) is 18.1 Å². The van der Waals surface area contributed by atoms with Crippen molar-refractivity contribution in [1.29, 1.82) is 0 Å². The largest absolute Gasteiger partial charge is 0.395 e. The second kappa shape index (κ2) is 7.94. The summed E-state index contributed by atoms with van der Waals surface area (Å²) in [6, 6.07) is 10.8. The fourth-order valence-electron chi connectivity index (χ4n) is 2.79. The van der Waals surface area contributed by atoms with Gasteiger partial charge in [-0.05, 0) is 59.0 Å². The SMILES string of the molecule is CC(C)c1nc2c(I)c(NCCO)ccc2c(=O)n1-c1ccc(Cl)cc1. The first-order valence-electron chi connectivity index (χ1n) is 8.30. The van der Waals surface area contributed by atoms with E-state index in [1.807, 2.05) is 32.0 Å². The van der Waals surface area contributed by atoms with Gasteiger partial charge in [-0.25, -0.2) is 4.98 Å². The lowest BCUT2D eigenvalue weighted by Gasteiger charge is -2.17. The van der Waals surface area contributed by atoms with Gasteiger partial charge in [0.25, 0.3) is 5.56 Å². The molecule has 1 heterocycles. The van der Waals surface area contributed by atoms with Gasteiger partial charge < -0.3 is 10.4 Å². The number of hydrogen-bond donors (Lipinski definition) is 2. The zero-order valence-corrected chi connectivity index (χ0v) is 17.4. The summed E-state index contributed by atoms with van der Waals surface area (Å²) < 4.78 is 2.52. The number of benzene rings is 2. The molecule has 2 N–H and O–H groups in total. The lowest BCUT2D eigenvalue weighted by Crippen LogP contribution is -2.25. The molecule has 0 aliphatic rings. The van der Waals surface area contributed by atoms with Gasteiger partial charge in [-0.15, -0.1) is 0 Å². The number of nitrogens with zero attached hydrogens (tertiary/aromatic N) is 2. The number of anilines is 1. The Kier molecular flexibility index (Phi) is 5.84. The molecule has 0 aliphatic carbocycles. The lowest BCUT2D eigenvalue weighted by molar-refractivity contribution is 0.311. The zero-order valence-electron chi connectivity index (χ0n) is 14.5. The van der Waals surface area contributed by atoms with Gasteiger partial charge in [0.2, 0.25) is 0 Å². The standard InChI is InChI=1S/C19H19ClIN3O2/c1-11(2)18-23-17-14(7-8-15(16(17)21)22-9-10-25)19(26)24(18)13-5-3-12(20)4-6-13/h3-8,11,22,25H,9-10H2,1-2H3. The van der Waals surface area contributed by atoms with Crippen LogP contribution in [0.5, 0.6) is 0 Å². The summed E-state index contributed by atoms with van der Waals surface area (Å²) in [5, 5.41) is 13.4. The number of aliphatic hydroxyl groups is 1. The van der Waals surface area contributed by atoms with Gasteiger partial charge in [-0.3, -0.25) is 9.36 Å². The molecule has 0 amide bonds. The van der Waals surface area contributed by atoms with Crippen molar-refractivity contribution in [1.82, 2.24) is 9.55 Å². The zero-order chi connectivity index (χ0) is 18.8. The van der Waals surface area contributed by atoms with Crippen molar-refractivity contribution in [2.24, 2.45) is 0 Å². The van der Waals surface area contributed by atoms with E-state index in [1.54, 1.807) is 22.8 Å². The first-order valence-corrected chi connectivity index (χ1v) is 9.75. The maximum atomic E-state index is 13.2. The Hall–Kier alpha value is -1.64. The quantitative estimate of drug-likeness (QED) is 0.535. The van der Waals surface area contributed by atoms with Gasteiger partial charge in [0.15, 0.2) is 0 Å². The second-order valence-corrected chi connectivity index (χ2v) is 7.73. The monoisotopic (exact) mass is 483 g/mol. The van der Waals surface area contributed by atoms with Crippen LogP contribution in [0.2, 0.25) is 5.02 Å². The molecule has 7 heteroatoms. The molecule has 136 valence electrons. The topological polar surface area (TPSA) is 67.2 Å². The second-order valence-electron chi connectivity index (χ2n) is 6.22. The van der Waals surface area contributed by atoms with E-state index in [4.69, 9.17) is 21.7 Å². The van der Waals surface area contributed by atoms with E-state index in [9.17, 15) is 4.79 Å². The third-order valence-electron chi connectivity index (χ3n) is 4.03. The van der Waals surface area contributed by atoms with Gasteiger partial charge in [0.1, 0.15) is 5.82 Å². The maximum Gasteiger partial charge on any atom is 0.266 e. The van der Waals surface area contributed by atoms with Crippen LogP contribution in [0.25, 0.3) is 16.6 Å². The smallest absolute Gasteiger partial charge is 0.266 e. The van der Waals surface area contributed by atoms with Crippen molar-refractivity contribution in [3.63, 3.8) is 0 Å². The minimum atomic E-state index is -0.104. The molecule has 26 heavy (non-hydrogen) atoms. The van der Waals surface area contributed by atoms with Crippen LogP contribution < -0.4 is 10.9 Å². The van der Waals surface area contributed by atoms with E-state index in [0.717, 1.165) is 14.9 Å². The highest BCUT2D eigenvalue weighted by Crippen LogP contribution is 2.27. The predicted octanol–water partition coefficient (Wildman–Crippen LogP) is 4.17. The van der Waals surface area contributed by atoms with Crippen LogP contribution in [0.3, 0.4) is 0 Å². The number of aliphatic hydroxyl groups excluding tert-OH is 1. The van der Waals surface area contributed by atoms with E-state index in [1.165, 1.54) is 0 Å². The first-order chi connectivity index (χ1) is 12.4. The Morgan fingerprint density at radius 2 is 1.92 bits per heavy atom. The number of nitrogens with one attached hydrogen (secondary N) is 1. The Labute approximate surface area is 170 Å². The fourth-order valence-corrected chi connectivity index (χ4v) is 3.70. The van der Waals surface area contributed by atoms with E-state index < -0.39 is 0 Å². The summed E-state index contributed by atoms with van der Waals surface area (Å²) in [7, 11) is 0. The summed E-state index contributed by atoms with van der Waals surface area (Å²) in [6.45, 7) is 4.51. The van der Waals surface area contributed by atoms with Crippen LogP contribution in [-0.2, 0) is 0 Å². The molecule has 2 aromatic carbocycles. The minimum absolute atomic E-state index is 0.0386. The minimum Gasteiger partial charge on any atom is -0.395 e. The molecule has 0 fully saturated rings. The van der Waals surface area contributed by atoms with Crippen LogP contribution in [0, 0.1) is 3.57 Å². The third kappa shape index (κ3) is 3.58. The van der Waals surface area contributed by atoms with E-state index in [2.05, 4.69) is 27.9 Å². The summed E-state index contributed by atoms with van der Waals surface area (Å²) in [5.41, 5.74) is 2.17. The summed E-state index contributed by atoms with van der Waals surface area (Å²) in [5.74, 6) is 0.759. The van der Waals surface area contributed by atoms with Gasteiger partial charge in [0, 0.05) is 23.2 Å². The fraction of sp³-hybridized carbons (Fsp3) is 0.263. The van der Waals surface area contributed by atoms with Crippen molar-refractivity contribution in [3.05, 3.63) is 61.2 Å². The molecule has 0 atom stereocenters. The molecule has 0 saturated carbocycles. The highest BCUT2D eigenvalue weighted by molar-refractivity contribution is 14.1. The number of halogens is 2. The Morgan fingerprint density at radius 1 is 1.23 bits per heavy atom. The summed E-state index contributed by atoms with van der Waals surface area (Å²) >= 11 is 8.18. The molecule has 3 rings (SSSR count). The van der Waals surface area contributed by atoms with Crippen LogP contribution in [0.15, 0.2) is 41.2 Å². The Bertz CT molecular complexity index is 1000. The highest BCUT2D eigenvalue weighted by atomic mass is 127. The van der Waals surface area contributed by atoms with Gasteiger partial charge in [0.05, 0.1) is 26.8 Å². The molecule has 5 nitrogen and oxygen atoms in total. The van der Waals surface area contributed by atoms with Crippen LogP contribution in [0.1, 0.15) is 25.6 Å². The Morgan fingerprint density at radius 3 is 2.54 bits per heavy atom. The Balaban J connectivity index is 2.29. The summed E-state index contributed by atoms with van der Waals surface area (Å²) in [6.07, 6.45) is 0. The van der Waals surface area contributed by atoms with Gasteiger partial charge in [-0.1, -0.05) is 25.4 Å². The van der Waals surface area contributed by atoms with Crippen LogP contribution in [-0.4, -0.2) is 27.8 Å². The maximum absolute atomic E-state index is 13.2. The third-order valence-corrected chi connectivity index (χ3v) is 5.38. The molecular formula is C19H19ClIN3O2. The number of hydrogen-bond acceptors (Lipinski definition) is 4. The first kappa shape index (κ1) is 19.1. The lowest BCUT2D eigenvalue weighted by atomic mass is 10.1. The highest BCUT2D eigenvalue weighted by Gasteiger charge is 2.18. The van der Waals surface area contributed by atoms with E-state index >= 15 is 0 Å². The molecule has 0 saturated heterocycles. The van der Waals surface area contributed by atoms with Crippen molar-refractivity contribution < 1.29 is 5.11 Å². The molecule has 0 unspecified atom stereocenters.